The van der Waals surface area contributed by atoms with Crippen LogP contribution in [0.4, 0.5) is 5.69 Å². The first kappa shape index (κ1) is 18.7. The molecule has 1 heterocycles. The summed E-state index contributed by atoms with van der Waals surface area (Å²) < 4.78 is 0. The molecule has 0 radical (unpaired) electrons. The van der Waals surface area contributed by atoms with Gasteiger partial charge in [-0.05, 0) is 44.0 Å². The van der Waals surface area contributed by atoms with E-state index in [9.17, 15) is 9.59 Å². The molecule has 0 fully saturated rings. The minimum atomic E-state index is -0.0254. The van der Waals surface area contributed by atoms with Gasteiger partial charge in [-0.1, -0.05) is 19.1 Å². The summed E-state index contributed by atoms with van der Waals surface area (Å²) in [6.45, 7) is 5.89. The Balaban J connectivity index is 1.80. The molecule has 0 aliphatic carbocycles. The zero-order valence-electron chi connectivity index (χ0n) is 15.1. The highest BCUT2D eigenvalue weighted by Gasteiger charge is 2.11. The second kappa shape index (κ2) is 9.01. The third-order valence-corrected chi connectivity index (χ3v) is 3.76. The first-order valence-corrected chi connectivity index (χ1v) is 8.65. The van der Waals surface area contributed by atoms with Gasteiger partial charge in [-0.15, -0.1) is 0 Å². The molecule has 6 heteroatoms. The number of hydrogen-bond acceptors (Lipinski definition) is 3. The fraction of sp³-hybridized carbons (Fsp3) is 0.421. The number of rotatable bonds is 8. The van der Waals surface area contributed by atoms with Crippen LogP contribution in [0.1, 0.15) is 43.6 Å². The maximum absolute atomic E-state index is 12.2. The molecule has 2 amide bonds. The zero-order valence-corrected chi connectivity index (χ0v) is 15.1. The molecule has 0 spiro atoms. The van der Waals surface area contributed by atoms with Gasteiger partial charge in [0.05, 0.1) is 12.1 Å². The van der Waals surface area contributed by atoms with Crippen LogP contribution in [0.15, 0.2) is 30.3 Å². The number of aromatic nitrogens is 2. The van der Waals surface area contributed by atoms with E-state index in [1.807, 2.05) is 51.1 Å². The van der Waals surface area contributed by atoms with Gasteiger partial charge in [0.1, 0.15) is 0 Å². The Bertz CT molecular complexity index is 706. The van der Waals surface area contributed by atoms with Gasteiger partial charge in [-0.3, -0.25) is 14.7 Å². The van der Waals surface area contributed by atoms with E-state index in [1.54, 1.807) is 0 Å². The number of anilines is 1. The molecular formula is C19H26N4O2. The Morgan fingerprint density at radius 1 is 1.20 bits per heavy atom. The van der Waals surface area contributed by atoms with Gasteiger partial charge in [-0.25, -0.2) is 0 Å². The summed E-state index contributed by atoms with van der Waals surface area (Å²) in [6, 6.07) is 9.38. The molecule has 2 aromatic rings. The average molecular weight is 342 g/mol. The van der Waals surface area contributed by atoms with E-state index in [-0.39, 0.29) is 17.9 Å². The van der Waals surface area contributed by atoms with E-state index in [1.165, 1.54) is 0 Å². The maximum atomic E-state index is 12.2. The Morgan fingerprint density at radius 3 is 2.52 bits per heavy atom. The van der Waals surface area contributed by atoms with Crippen molar-refractivity contribution in [3.63, 3.8) is 0 Å². The van der Waals surface area contributed by atoms with E-state index in [2.05, 4.69) is 20.8 Å². The number of H-pyrrole nitrogens is 1. The molecule has 0 saturated carbocycles. The minimum absolute atomic E-state index is 0.00965. The van der Waals surface area contributed by atoms with Gasteiger partial charge in [0, 0.05) is 30.3 Å². The van der Waals surface area contributed by atoms with Crippen molar-refractivity contribution in [1.29, 1.82) is 0 Å². The molecule has 0 aliphatic heterocycles. The first-order chi connectivity index (χ1) is 12.0. The van der Waals surface area contributed by atoms with E-state index in [4.69, 9.17) is 0 Å². The number of aryl methyl sites for hydroxylation is 1. The SMILES string of the molecule is CCCC(=O)Nc1ccc(CC(=O)N[C@H](C)Cc2cc(C)[nH]n2)cc1. The lowest BCUT2D eigenvalue weighted by atomic mass is 10.1. The van der Waals surface area contributed by atoms with Crippen LogP contribution in [-0.4, -0.2) is 28.1 Å². The lowest BCUT2D eigenvalue weighted by molar-refractivity contribution is -0.121. The molecule has 2 rings (SSSR count). The molecule has 1 atom stereocenters. The summed E-state index contributed by atoms with van der Waals surface area (Å²) >= 11 is 0. The number of aromatic amines is 1. The highest BCUT2D eigenvalue weighted by molar-refractivity contribution is 5.90. The first-order valence-electron chi connectivity index (χ1n) is 8.65. The van der Waals surface area contributed by atoms with Crippen LogP contribution in [0.3, 0.4) is 0 Å². The van der Waals surface area contributed by atoms with Crippen molar-refractivity contribution in [2.45, 2.75) is 52.5 Å². The number of carbonyl (C=O) groups excluding carboxylic acids is 2. The van der Waals surface area contributed by atoms with Crippen LogP contribution in [0.2, 0.25) is 0 Å². The Labute approximate surface area is 148 Å². The summed E-state index contributed by atoms with van der Waals surface area (Å²) in [7, 11) is 0. The number of benzene rings is 1. The van der Waals surface area contributed by atoms with E-state index >= 15 is 0 Å². The zero-order chi connectivity index (χ0) is 18.2. The number of nitrogens with zero attached hydrogens (tertiary/aromatic N) is 1. The van der Waals surface area contributed by atoms with Gasteiger partial charge in [0.2, 0.25) is 11.8 Å². The Hall–Kier alpha value is -2.63. The molecule has 1 aromatic carbocycles. The number of amides is 2. The normalized spacial score (nSPS) is 11.8. The highest BCUT2D eigenvalue weighted by atomic mass is 16.2. The predicted octanol–water partition coefficient (Wildman–Crippen LogP) is 2.75. The molecule has 3 N–H and O–H groups in total. The van der Waals surface area contributed by atoms with Gasteiger partial charge in [0.25, 0.3) is 0 Å². The topological polar surface area (TPSA) is 86.9 Å². The largest absolute Gasteiger partial charge is 0.353 e. The van der Waals surface area contributed by atoms with Gasteiger partial charge < -0.3 is 10.6 Å². The monoisotopic (exact) mass is 342 g/mol. The van der Waals surface area contributed by atoms with Crippen LogP contribution in [0.5, 0.6) is 0 Å². The standard InChI is InChI=1S/C19H26N4O2/c1-4-5-18(24)21-16-8-6-15(7-9-16)12-19(25)20-13(2)10-17-11-14(3)22-23-17/h6-9,11,13H,4-5,10,12H2,1-3H3,(H,20,25)(H,21,24)(H,22,23)/t13-/m1/s1. The lowest BCUT2D eigenvalue weighted by Gasteiger charge is -2.13. The number of nitrogens with one attached hydrogen (secondary N) is 3. The van der Waals surface area contributed by atoms with Crippen molar-refractivity contribution in [3.05, 3.63) is 47.3 Å². The third-order valence-electron chi connectivity index (χ3n) is 3.76. The van der Waals surface area contributed by atoms with Crippen molar-refractivity contribution in [3.8, 4) is 0 Å². The molecule has 25 heavy (non-hydrogen) atoms. The van der Waals surface area contributed by atoms with Crippen LogP contribution in [0.25, 0.3) is 0 Å². The van der Waals surface area contributed by atoms with Crippen molar-refractivity contribution < 1.29 is 9.59 Å². The highest BCUT2D eigenvalue weighted by Crippen LogP contribution is 2.11. The lowest BCUT2D eigenvalue weighted by Crippen LogP contribution is -2.35. The number of hydrogen-bond donors (Lipinski definition) is 3. The van der Waals surface area contributed by atoms with E-state index < -0.39 is 0 Å². The van der Waals surface area contributed by atoms with Crippen LogP contribution in [0, 0.1) is 6.92 Å². The average Bonchev–Trinajstić information content (AvgIpc) is 2.94. The fourth-order valence-electron chi connectivity index (χ4n) is 2.61. The van der Waals surface area contributed by atoms with Crippen LogP contribution >= 0.6 is 0 Å². The smallest absolute Gasteiger partial charge is 0.224 e. The van der Waals surface area contributed by atoms with Crippen molar-refractivity contribution in [2.75, 3.05) is 5.32 Å². The molecule has 0 aliphatic rings. The molecule has 0 unspecified atom stereocenters. The molecule has 0 bridgehead atoms. The minimum Gasteiger partial charge on any atom is -0.353 e. The Morgan fingerprint density at radius 2 is 1.92 bits per heavy atom. The summed E-state index contributed by atoms with van der Waals surface area (Å²) in [5.74, 6) is -0.0158. The van der Waals surface area contributed by atoms with Gasteiger partial charge in [-0.2, -0.15) is 5.10 Å². The van der Waals surface area contributed by atoms with Gasteiger partial charge in [0.15, 0.2) is 0 Å². The van der Waals surface area contributed by atoms with Crippen molar-refractivity contribution in [1.82, 2.24) is 15.5 Å². The molecule has 134 valence electrons. The summed E-state index contributed by atoms with van der Waals surface area (Å²) in [6.07, 6.45) is 2.34. The molecule has 6 nitrogen and oxygen atoms in total. The van der Waals surface area contributed by atoms with Crippen molar-refractivity contribution in [2.24, 2.45) is 0 Å². The van der Waals surface area contributed by atoms with E-state index in [0.717, 1.165) is 29.1 Å². The fourth-order valence-corrected chi connectivity index (χ4v) is 2.61. The van der Waals surface area contributed by atoms with Crippen molar-refractivity contribution >= 4 is 17.5 Å². The summed E-state index contributed by atoms with van der Waals surface area (Å²) in [5.41, 5.74) is 3.62. The van der Waals surface area contributed by atoms with Gasteiger partial charge >= 0.3 is 0 Å². The maximum Gasteiger partial charge on any atom is 0.224 e. The molecule has 1 aromatic heterocycles. The predicted molar refractivity (Wildman–Crippen MR) is 98.3 cm³/mol. The van der Waals surface area contributed by atoms with Crippen LogP contribution < -0.4 is 10.6 Å². The van der Waals surface area contributed by atoms with Crippen LogP contribution in [-0.2, 0) is 22.4 Å². The second-order valence-electron chi connectivity index (χ2n) is 6.39. The van der Waals surface area contributed by atoms with E-state index in [0.29, 0.717) is 19.3 Å². The second-order valence-corrected chi connectivity index (χ2v) is 6.39. The Kier molecular flexibility index (Phi) is 6.74. The molecule has 0 saturated heterocycles. The summed E-state index contributed by atoms with van der Waals surface area (Å²) in [4.78, 5) is 23.7. The molecular weight excluding hydrogens is 316 g/mol. The number of carbonyl (C=O) groups is 2. The summed E-state index contributed by atoms with van der Waals surface area (Å²) in [5, 5.41) is 12.9. The third kappa shape index (κ3) is 6.41. The quantitative estimate of drug-likeness (QED) is 0.689.